The molecule has 0 unspecified atom stereocenters. The fraction of sp³-hybridized carbons (Fsp3) is 0.333. The monoisotopic (exact) mass is 249 g/mol. The van der Waals surface area contributed by atoms with E-state index in [9.17, 15) is 0 Å². The molecule has 17 heavy (non-hydrogen) atoms. The highest BCUT2D eigenvalue weighted by Crippen LogP contribution is 2.17. The number of rotatable bonds is 3. The molecule has 0 saturated heterocycles. The van der Waals surface area contributed by atoms with E-state index < -0.39 is 0 Å². The summed E-state index contributed by atoms with van der Waals surface area (Å²) in [6, 6.07) is 6.04. The molecule has 0 bridgehead atoms. The number of hydrogen-bond donors (Lipinski definition) is 1. The molecule has 5 heteroatoms. The van der Waals surface area contributed by atoms with Crippen LogP contribution in [-0.2, 0) is 13.7 Å². The Morgan fingerprint density at radius 2 is 2.12 bits per heavy atom. The number of H-pyrrole nitrogens is 1. The largest absolute Gasteiger partial charge is 0.486 e. The van der Waals surface area contributed by atoms with Crippen molar-refractivity contribution in [1.29, 1.82) is 0 Å². The lowest BCUT2D eigenvalue weighted by molar-refractivity contribution is 0.291. The molecule has 4 nitrogen and oxygen atoms in total. The van der Waals surface area contributed by atoms with Crippen molar-refractivity contribution in [2.75, 3.05) is 0 Å². The van der Waals surface area contributed by atoms with Gasteiger partial charge in [0.2, 0.25) is 0 Å². The standard InChI is InChI=1S/C12H15N3OS/c1-8-4-5-10(6-9(8)2)16-7-11-13-14-12(17)15(11)3/h4-6H,7H2,1-3H3,(H,14,17). The zero-order valence-corrected chi connectivity index (χ0v) is 11.0. The molecule has 0 aliphatic rings. The molecule has 90 valence electrons. The highest BCUT2D eigenvalue weighted by molar-refractivity contribution is 7.71. The van der Waals surface area contributed by atoms with Crippen molar-refractivity contribution >= 4 is 12.2 Å². The molecule has 0 saturated carbocycles. The fourth-order valence-electron chi connectivity index (χ4n) is 1.46. The average molecular weight is 249 g/mol. The zero-order valence-electron chi connectivity index (χ0n) is 10.2. The zero-order chi connectivity index (χ0) is 12.4. The number of aryl methyl sites for hydroxylation is 2. The second-order valence-corrected chi connectivity index (χ2v) is 4.43. The molecular formula is C12H15N3OS. The van der Waals surface area contributed by atoms with Crippen LogP contribution in [0, 0.1) is 18.6 Å². The normalized spacial score (nSPS) is 10.5. The Balaban J connectivity index is 2.10. The molecule has 0 aliphatic heterocycles. The van der Waals surface area contributed by atoms with Crippen LogP contribution in [0.15, 0.2) is 18.2 Å². The lowest BCUT2D eigenvalue weighted by Gasteiger charge is -2.07. The summed E-state index contributed by atoms with van der Waals surface area (Å²) in [7, 11) is 1.87. The topological polar surface area (TPSA) is 42.8 Å². The van der Waals surface area contributed by atoms with Crippen LogP contribution in [0.4, 0.5) is 0 Å². The molecular weight excluding hydrogens is 234 g/mol. The number of aromatic nitrogens is 3. The highest BCUT2D eigenvalue weighted by atomic mass is 32.1. The van der Waals surface area contributed by atoms with Crippen LogP contribution in [0.1, 0.15) is 17.0 Å². The third kappa shape index (κ3) is 2.55. The number of benzene rings is 1. The molecule has 0 spiro atoms. The van der Waals surface area contributed by atoms with Crippen molar-refractivity contribution in [2.45, 2.75) is 20.5 Å². The summed E-state index contributed by atoms with van der Waals surface area (Å²) in [6.07, 6.45) is 0. The summed E-state index contributed by atoms with van der Waals surface area (Å²) in [4.78, 5) is 0. The summed E-state index contributed by atoms with van der Waals surface area (Å²) in [6.45, 7) is 4.56. The van der Waals surface area contributed by atoms with Gasteiger partial charge in [-0.25, -0.2) is 0 Å². The van der Waals surface area contributed by atoms with Gasteiger partial charge in [-0.1, -0.05) is 6.07 Å². The van der Waals surface area contributed by atoms with Crippen molar-refractivity contribution in [3.8, 4) is 5.75 Å². The van der Waals surface area contributed by atoms with Gasteiger partial charge in [0.25, 0.3) is 0 Å². The molecule has 0 amide bonds. The molecule has 1 aromatic heterocycles. The van der Waals surface area contributed by atoms with E-state index in [2.05, 4.69) is 24.0 Å². The molecule has 1 aromatic carbocycles. The van der Waals surface area contributed by atoms with E-state index in [1.54, 1.807) is 4.57 Å². The second kappa shape index (κ2) is 4.71. The van der Waals surface area contributed by atoms with Crippen molar-refractivity contribution in [3.05, 3.63) is 39.9 Å². The summed E-state index contributed by atoms with van der Waals surface area (Å²) in [5, 5.41) is 6.82. The number of aromatic amines is 1. The van der Waals surface area contributed by atoms with E-state index in [1.807, 2.05) is 25.2 Å². The minimum atomic E-state index is 0.409. The van der Waals surface area contributed by atoms with Gasteiger partial charge in [0.1, 0.15) is 12.4 Å². The maximum absolute atomic E-state index is 5.67. The van der Waals surface area contributed by atoms with Gasteiger partial charge < -0.3 is 9.30 Å². The highest BCUT2D eigenvalue weighted by Gasteiger charge is 2.03. The predicted octanol–water partition coefficient (Wildman–Crippen LogP) is 2.67. The van der Waals surface area contributed by atoms with Crippen molar-refractivity contribution < 1.29 is 4.74 Å². The minimum Gasteiger partial charge on any atom is -0.486 e. The van der Waals surface area contributed by atoms with Crippen LogP contribution in [0.3, 0.4) is 0 Å². The van der Waals surface area contributed by atoms with E-state index in [0.29, 0.717) is 11.4 Å². The molecule has 0 aliphatic carbocycles. The molecule has 1 heterocycles. The van der Waals surface area contributed by atoms with Crippen LogP contribution in [-0.4, -0.2) is 14.8 Å². The molecule has 1 N–H and O–H groups in total. The van der Waals surface area contributed by atoms with Gasteiger partial charge in [-0.2, -0.15) is 5.10 Å². The third-order valence-corrected chi connectivity index (χ3v) is 3.18. The first-order valence-electron chi connectivity index (χ1n) is 5.38. The lowest BCUT2D eigenvalue weighted by atomic mass is 10.1. The molecule has 0 fully saturated rings. The summed E-state index contributed by atoms with van der Waals surface area (Å²) in [5.41, 5.74) is 2.48. The maximum Gasteiger partial charge on any atom is 0.194 e. The number of nitrogens with zero attached hydrogens (tertiary/aromatic N) is 2. The molecule has 2 rings (SSSR count). The van der Waals surface area contributed by atoms with Crippen LogP contribution in [0.2, 0.25) is 0 Å². The molecule has 0 atom stereocenters. The first-order valence-corrected chi connectivity index (χ1v) is 5.79. The van der Waals surface area contributed by atoms with Gasteiger partial charge in [0.15, 0.2) is 10.6 Å². The van der Waals surface area contributed by atoms with Crippen LogP contribution in [0.5, 0.6) is 5.75 Å². The minimum absolute atomic E-state index is 0.409. The fourth-order valence-corrected chi connectivity index (χ4v) is 1.61. The smallest absolute Gasteiger partial charge is 0.194 e. The molecule has 0 radical (unpaired) electrons. The Bertz CT molecular complexity index is 586. The third-order valence-electron chi connectivity index (χ3n) is 2.82. The average Bonchev–Trinajstić information content (AvgIpc) is 2.62. The van der Waals surface area contributed by atoms with Crippen LogP contribution in [0.25, 0.3) is 0 Å². The van der Waals surface area contributed by atoms with Gasteiger partial charge >= 0.3 is 0 Å². The Hall–Kier alpha value is -1.62. The van der Waals surface area contributed by atoms with Crippen molar-refractivity contribution in [3.63, 3.8) is 0 Å². The van der Waals surface area contributed by atoms with E-state index in [4.69, 9.17) is 17.0 Å². The first-order chi connectivity index (χ1) is 8.08. The SMILES string of the molecule is Cc1ccc(OCc2n[nH]c(=S)n2C)cc1C. The van der Waals surface area contributed by atoms with Crippen LogP contribution < -0.4 is 4.74 Å². The first kappa shape index (κ1) is 11.9. The molecule has 2 aromatic rings. The summed E-state index contributed by atoms with van der Waals surface area (Å²) in [5.74, 6) is 1.63. The van der Waals surface area contributed by atoms with Gasteiger partial charge in [0.05, 0.1) is 0 Å². The number of ether oxygens (including phenoxy) is 1. The van der Waals surface area contributed by atoms with Crippen molar-refractivity contribution in [2.24, 2.45) is 7.05 Å². The Morgan fingerprint density at radius 3 is 2.71 bits per heavy atom. The van der Waals surface area contributed by atoms with Gasteiger partial charge in [-0.05, 0) is 49.3 Å². The number of nitrogens with one attached hydrogen (secondary N) is 1. The number of hydrogen-bond acceptors (Lipinski definition) is 3. The van der Waals surface area contributed by atoms with E-state index in [0.717, 1.165) is 11.6 Å². The van der Waals surface area contributed by atoms with Crippen LogP contribution >= 0.6 is 12.2 Å². The Morgan fingerprint density at radius 1 is 1.35 bits per heavy atom. The van der Waals surface area contributed by atoms with Gasteiger partial charge in [-0.3, -0.25) is 5.10 Å². The second-order valence-electron chi connectivity index (χ2n) is 4.04. The predicted molar refractivity (Wildman–Crippen MR) is 68.6 cm³/mol. The van der Waals surface area contributed by atoms with Gasteiger partial charge in [-0.15, -0.1) is 0 Å². The Labute approximate surface area is 105 Å². The Kier molecular flexibility index (Phi) is 3.28. The van der Waals surface area contributed by atoms with Gasteiger partial charge in [0, 0.05) is 7.05 Å². The quantitative estimate of drug-likeness (QED) is 0.850. The van der Waals surface area contributed by atoms with E-state index in [-0.39, 0.29) is 0 Å². The van der Waals surface area contributed by atoms with E-state index in [1.165, 1.54) is 11.1 Å². The van der Waals surface area contributed by atoms with E-state index >= 15 is 0 Å². The maximum atomic E-state index is 5.67. The summed E-state index contributed by atoms with van der Waals surface area (Å²) < 4.78 is 8.08. The van der Waals surface area contributed by atoms with Crippen molar-refractivity contribution in [1.82, 2.24) is 14.8 Å². The summed E-state index contributed by atoms with van der Waals surface area (Å²) >= 11 is 5.03. The lowest BCUT2D eigenvalue weighted by Crippen LogP contribution is -2.03.